The molecule has 0 N–H and O–H groups in total. The molecule has 2 fully saturated rings. The normalized spacial score (nSPS) is 27.0. The fraction of sp³-hybridized carbons (Fsp3) is 1.00. The first-order chi connectivity index (χ1) is 6.77. The van der Waals surface area contributed by atoms with Crippen molar-refractivity contribution in [2.45, 2.75) is 57.5 Å². The molecule has 1 radical (unpaired) electrons. The first-order valence-corrected chi connectivity index (χ1v) is 7.11. The smallest absolute Gasteiger partial charge is 0.0986 e. The van der Waals surface area contributed by atoms with Gasteiger partial charge in [-0.25, -0.2) is 5.11 Å². The van der Waals surface area contributed by atoms with E-state index in [1.165, 1.54) is 38.5 Å². The van der Waals surface area contributed by atoms with E-state index in [4.69, 9.17) is 0 Å². The van der Waals surface area contributed by atoms with Gasteiger partial charge in [-0.05, 0) is 38.0 Å². The third-order valence-electron chi connectivity index (χ3n) is 4.02. The van der Waals surface area contributed by atoms with E-state index in [-0.39, 0.29) is 11.5 Å². The van der Waals surface area contributed by atoms with Crippen molar-refractivity contribution in [3.8, 4) is 0 Å². The van der Waals surface area contributed by atoms with Crippen LogP contribution in [0.15, 0.2) is 0 Å². The van der Waals surface area contributed by atoms with Crippen LogP contribution in [0.2, 0.25) is 0 Å². The lowest BCUT2D eigenvalue weighted by atomic mass is 9.61. The molecule has 0 aliphatic heterocycles. The largest absolute Gasteiger partial charge is 0.233 e. The van der Waals surface area contributed by atoms with Crippen LogP contribution in [-0.2, 0) is 5.11 Å². The van der Waals surface area contributed by atoms with Crippen LogP contribution in [0, 0.1) is 11.3 Å². The van der Waals surface area contributed by atoms with E-state index in [0.717, 1.165) is 24.1 Å². The minimum atomic E-state index is -0.269. The van der Waals surface area contributed by atoms with Crippen molar-refractivity contribution in [1.29, 1.82) is 0 Å². The number of hydrogen-bond acceptors (Lipinski definition) is 0. The molecule has 14 heavy (non-hydrogen) atoms. The summed E-state index contributed by atoms with van der Waals surface area (Å²) >= 11 is 3.41. The third-order valence-corrected chi connectivity index (χ3v) is 4.59. The molecule has 2 aliphatic carbocycles. The van der Waals surface area contributed by atoms with Gasteiger partial charge in [-0.3, -0.25) is 0 Å². The molecule has 0 aromatic heterocycles. The molecule has 1 unspecified atom stereocenters. The van der Waals surface area contributed by atoms with E-state index in [2.05, 4.69) is 15.9 Å². The zero-order valence-corrected chi connectivity index (χ0v) is 10.4. The molecule has 0 saturated heterocycles. The minimum Gasteiger partial charge on any atom is -0.233 e. The van der Waals surface area contributed by atoms with Gasteiger partial charge in [0.05, 0.1) is 6.10 Å². The number of hydrogen-bond donors (Lipinski definition) is 0. The van der Waals surface area contributed by atoms with Gasteiger partial charge in [0.25, 0.3) is 0 Å². The lowest BCUT2D eigenvalue weighted by Gasteiger charge is -2.45. The van der Waals surface area contributed by atoms with E-state index >= 15 is 0 Å². The molecule has 0 aromatic rings. The van der Waals surface area contributed by atoms with E-state index in [0.29, 0.717) is 0 Å². The minimum absolute atomic E-state index is 0.239. The standard InChI is InChI=1S/C12H20BrO/c13-8-1-3-11(14)12(6-2-7-12)9-10-4-5-10/h10-11H,1-9H2. The van der Waals surface area contributed by atoms with E-state index in [1.54, 1.807) is 0 Å². The molecule has 0 aromatic carbocycles. The Labute approximate surface area is 95.4 Å². The highest BCUT2D eigenvalue weighted by Crippen LogP contribution is 2.54. The van der Waals surface area contributed by atoms with Crippen molar-refractivity contribution in [3.05, 3.63) is 0 Å². The summed E-state index contributed by atoms with van der Waals surface area (Å²) in [6, 6.07) is 0. The van der Waals surface area contributed by atoms with Gasteiger partial charge in [0.15, 0.2) is 0 Å². The highest BCUT2D eigenvalue weighted by molar-refractivity contribution is 9.09. The van der Waals surface area contributed by atoms with E-state index in [1.807, 2.05) is 0 Å². The molecule has 0 amide bonds. The summed E-state index contributed by atoms with van der Waals surface area (Å²) in [5.41, 5.74) is 0.239. The Hall–Kier alpha value is 0.440. The van der Waals surface area contributed by atoms with Gasteiger partial charge in [0.1, 0.15) is 0 Å². The lowest BCUT2D eigenvalue weighted by Crippen LogP contribution is -2.41. The van der Waals surface area contributed by atoms with Crippen LogP contribution in [0.1, 0.15) is 51.4 Å². The summed E-state index contributed by atoms with van der Waals surface area (Å²) in [6.45, 7) is 0. The van der Waals surface area contributed by atoms with Gasteiger partial charge in [-0.15, -0.1) is 0 Å². The van der Waals surface area contributed by atoms with Gasteiger partial charge in [0, 0.05) is 10.7 Å². The Morgan fingerprint density at radius 2 is 2.07 bits per heavy atom. The zero-order valence-electron chi connectivity index (χ0n) is 8.80. The van der Waals surface area contributed by atoms with Gasteiger partial charge in [-0.1, -0.05) is 35.2 Å². The van der Waals surface area contributed by atoms with Crippen LogP contribution in [0.5, 0.6) is 0 Å². The average molecular weight is 260 g/mol. The molecular formula is C12H20BrO. The Balaban J connectivity index is 1.82. The van der Waals surface area contributed by atoms with Crippen molar-refractivity contribution in [3.63, 3.8) is 0 Å². The maximum atomic E-state index is 12.1. The van der Waals surface area contributed by atoms with Crippen LogP contribution >= 0.6 is 15.9 Å². The van der Waals surface area contributed by atoms with Crippen molar-refractivity contribution in [2.75, 3.05) is 5.33 Å². The third kappa shape index (κ3) is 2.33. The van der Waals surface area contributed by atoms with Crippen LogP contribution in [0.3, 0.4) is 0 Å². The topological polar surface area (TPSA) is 19.9 Å². The van der Waals surface area contributed by atoms with Crippen molar-refractivity contribution >= 4 is 15.9 Å². The molecule has 81 valence electrons. The van der Waals surface area contributed by atoms with Crippen molar-refractivity contribution in [1.82, 2.24) is 0 Å². The summed E-state index contributed by atoms with van der Waals surface area (Å²) in [6.07, 6.45) is 9.47. The summed E-state index contributed by atoms with van der Waals surface area (Å²) in [4.78, 5) is 0. The Kier molecular flexibility index (Phi) is 3.54. The summed E-state index contributed by atoms with van der Waals surface area (Å²) < 4.78 is 0. The molecule has 2 heteroatoms. The van der Waals surface area contributed by atoms with Crippen LogP contribution in [0.4, 0.5) is 0 Å². The predicted octanol–water partition coefficient (Wildman–Crippen LogP) is 3.93. The van der Waals surface area contributed by atoms with E-state index < -0.39 is 0 Å². The van der Waals surface area contributed by atoms with Gasteiger partial charge < -0.3 is 0 Å². The molecule has 2 aliphatic rings. The number of halogens is 1. The van der Waals surface area contributed by atoms with Crippen LogP contribution < -0.4 is 0 Å². The van der Waals surface area contributed by atoms with Gasteiger partial charge in [0.2, 0.25) is 0 Å². The molecule has 1 nitrogen and oxygen atoms in total. The fourth-order valence-electron chi connectivity index (χ4n) is 2.75. The van der Waals surface area contributed by atoms with Gasteiger partial charge in [-0.2, -0.15) is 0 Å². The van der Waals surface area contributed by atoms with Gasteiger partial charge >= 0.3 is 0 Å². The second kappa shape index (κ2) is 4.52. The quantitative estimate of drug-likeness (QED) is 0.645. The second-order valence-corrected chi connectivity index (χ2v) is 5.98. The Bertz CT molecular complexity index is 185. The van der Waals surface area contributed by atoms with E-state index in [9.17, 15) is 5.11 Å². The van der Waals surface area contributed by atoms with Crippen molar-refractivity contribution in [2.24, 2.45) is 11.3 Å². The molecule has 0 heterocycles. The number of alkyl halides is 1. The first kappa shape index (κ1) is 10.9. The second-order valence-electron chi connectivity index (χ2n) is 5.18. The fourth-order valence-corrected chi connectivity index (χ4v) is 3.08. The first-order valence-electron chi connectivity index (χ1n) is 5.99. The Morgan fingerprint density at radius 1 is 1.36 bits per heavy atom. The predicted molar refractivity (Wildman–Crippen MR) is 61.1 cm³/mol. The number of rotatable bonds is 6. The molecule has 2 saturated carbocycles. The monoisotopic (exact) mass is 259 g/mol. The van der Waals surface area contributed by atoms with Crippen molar-refractivity contribution < 1.29 is 5.11 Å². The lowest BCUT2D eigenvalue weighted by molar-refractivity contribution is -0.0872. The Morgan fingerprint density at radius 3 is 2.50 bits per heavy atom. The molecule has 1 atom stereocenters. The average Bonchev–Trinajstić information content (AvgIpc) is 2.91. The SMILES string of the molecule is [O]C(CCCBr)C1(CC2CC2)CCC1. The highest BCUT2D eigenvalue weighted by atomic mass is 79.9. The summed E-state index contributed by atoms with van der Waals surface area (Å²) in [5, 5.41) is 13.1. The molecule has 0 spiro atoms. The highest BCUT2D eigenvalue weighted by Gasteiger charge is 2.46. The maximum Gasteiger partial charge on any atom is 0.0986 e. The molecule has 0 bridgehead atoms. The summed E-state index contributed by atoms with van der Waals surface area (Å²) in [7, 11) is 0. The summed E-state index contributed by atoms with van der Waals surface area (Å²) in [5.74, 6) is 0.927. The molecule has 2 rings (SSSR count). The van der Waals surface area contributed by atoms with Crippen LogP contribution in [-0.4, -0.2) is 11.4 Å². The van der Waals surface area contributed by atoms with Crippen LogP contribution in [0.25, 0.3) is 0 Å². The zero-order chi connectivity index (χ0) is 10.0. The molecular weight excluding hydrogens is 240 g/mol. The maximum absolute atomic E-state index is 12.1.